The summed E-state index contributed by atoms with van der Waals surface area (Å²) in [6, 6.07) is -0.120. The molecule has 1 amide bonds. The molecule has 8 heteroatoms. The summed E-state index contributed by atoms with van der Waals surface area (Å²) in [5, 5.41) is 14.9. The van der Waals surface area contributed by atoms with Gasteiger partial charge in [-0.1, -0.05) is 11.3 Å². The number of carbonyl (C=O) groups excluding carboxylic acids is 2. The van der Waals surface area contributed by atoms with Crippen LogP contribution in [0.15, 0.2) is 0 Å². The van der Waals surface area contributed by atoms with Crippen LogP contribution < -0.4 is 10.6 Å². The van der Waals surface area contributed by atoms with Crippen molar-refractivity contribution in [3.63, 3.8) is 0 Å². The van der Waals surface area contributed by atoms with Gasteiger partial charge in [0, 0.05) is 19.9 Å². The Morgan fingerprint density at radius 3 is 2.72 bits per heavy atom. The molecular weight excluding hydrogens is 258 g/mol. The topological polar surface area (TPSA) is 108 Å². The van der Waals surface area contributed by atoms with Crippen LogP contribution in [0.4, 0.5) is 5.13 Å². The van der Waals surface area contributed by atoms with Crippen molar-refractivity contribution in [2.75, 3.05) is 11.9 Å². The zero-order chi connectivity index (χ0) is 13.3. The number of Topliss-reactive ketones (excluding diaryl/α,β-unsaturated/α-hetero) is 1. The van der Waals surface area contributed by atoms with E-state index in [0.717, 1.165) is 11.3 Å². The van der Waals surface area contributed by atoms with Crippen LogP contribution in [0.2, 0.25) is 0 Å². The van der Waals surface area contributed by atoms with Gasteiger partial charge in [0.1, 0.15) is 4.88 Å². The second kappa shape index (κ2) is 4.73. The van der Waals surface area contributed by atoms with Crippen LogP contribution in [0.3, 0.4) is 0 Å². The number of nitrogens with one attached hydrogen (secondary N) is 2. The highest BCUT2D eigenvalue weighted by Gasteiger charge is 2.25. The lowest BCUT2D eigenvalue weighted by atomic mass is 10.3. The molecule has 7 nitrogen and oxygen atoms in total. The predicted octanol–water partition coefficient (Wildman–Crippen LogP) is 0.344. The smallest absolute Gasteiger partial charge is 0.356 e. The summed E-state index contributed by atoms with van der Waals surface area (Å²) in [5.74, 6) is -1.63. The summed E-state index contributed by atoms with van der Waals surface area (Å²) >= 11 is 0.992. The minimum Gasteiger partial charge on any atom is -0.476 e. The molecule has 1 aromatic heterocycles. The van der Waals surface area contributed by atoms with E-state index in [1.165, 1.54) is 6.92 Å². The maximum absolute atomic E-state index is 11.3. The zero-order valence-electron chi connectivity index (χ0n) is 9.52. The normalized spacial score (nSPS) is 18.5. The van der Waals surface area contributed by atoms with E-state index >= 15 is 0 Å². The number of carboxylic acid groups (broad SMARTS) is 1. The third kappa shape index (κ3) is 2.48. The van der Waals surface area contributed by atoms with Crippen LogP contribution in [-0.4, -0.2) is 40.3 Å². The van der Waals surface area contributed by atoms with Crippen LogP contribution in [0.25, 0.3) is 0 Å². The van der Waals surface area contributed by atoms with Crippen molar-refractivity contribution in [2.24, 2.45) is 0 Å². The molecule has 0 spiro atoms. The molecule has 0 aliphatic carbocycles. The van der Waals surface area contributed by atoms with Crippen LogP contribution >= 0.6 is 11.3 Å². The average molecular weight is 269 g/mol. The van der Waals surface area contributed by atoms with Crippen LogP contribution in [0.5, 0.6) is 0 Å². The number of hydrogen-bond donors (Lipinski definition) is 3. The van der Waals surface area contributed by atoms with Crippen molar-refractivity contribution in [3.8, 4) is 0 Å². The van der Waals surface area contributed by atoms with Gasteiger partial charge in [0.2, 0.25) is 5.91 Å². The molecule has 3 N–H and O–H groups in total. The molecule has 2 rings (SSSR count). The molecule has 0 radical (unpaired) electrons. The SMILES string of the molecule is CC(=O)c1sc(NC2CNC(=O)C2)nc1C(=O)O. The third-order valence-electron chi connectivity index (χ3n) is 2.45. The van der Waals surface area contributed by atoms with Crippen molar-refractivity contribution in [3.05, 3.63) is 10.6 Å². The number of anilines is 1. The van der Waals surface area contributed by atoms with Gasteiger partial charge in [-0.05, 0) is 0 Å². The highest BCUT2D eigenvalue weighted by Crippen LogP contribution is 2.25. The lowest BCUT2D eigenvalue weighted by molar-refractivity contribution is -0.119. The first-order chi connectivity index (χ1) is 8.47. The van der Waals surface area contributed by atoms with Gasteiger partial charge in [-0.25, -0.2) is 9.78 Å². The monoisotopic (exact) mass is 269 g/mol. The summed E-state index contributed by atoms with van der Waals surface area (Å²) in [6.45, 7) is 1.76. The Bertz CT molecular complexity index is 494. The standard InChI is InChI=1S/C10H11N3O4S/c1-4(14)8-7(9(16)17)13-10(18-8)12-5-2-6(15)11-3-5/h5H,2-3H2,1H3,(H,11,15)(H,12,13)(H,16,17). The van der Waals surface area contributed by atoms with Gasteiger partial charge in [0.25, 0.3) is 0 Å². The largest absolute Gasteiger partial charge is 0.476 e. The lowest BCUT2D eigenvalue weighted by Gasteiger charge is -2.07. The number of rotatable bonds is 4. The van der Waals surface area contributed by atoms with Gasteiger partial charge in [-0.15, -0.1) is 0 Å². The van der Waals surface area contributed by atoms with Gasteiger partial charge in [0.05, 0.1) is 6.04 Å². The second-order valence-electron chi connectivity index (χ2n) is 3.91. The quantitative estimate of drug-likeness (QED) is 0.680. The van der Waals surface area contributed by atoms with E-state index < -0.39 is 5.97 Å². The molecule has 1 aliphatic rings. The van der Waals surface area contributed by atoms with E-state index in [9.17, 15) is 14.4 Å². The molecule has 1 aliphatic heterocycles. The van der Waals surface area contributed by atoms with Gasteiger partial charge in [-0.3, -0.25) is 9.59 Å². The number of carbonyl (C=O) groups is 3. The first-order valence-corrected chi connectivity index (χ1v) is 6.07. The molecule has 1 atom stereocenters. The Morgan fingerprint density at radius 2 is 2.28 bits per heavy atom. The van der Waals surface area contributed by atoms with Crippen molar-refractivity contribution in [2.45, 2.75) is 19.4 Å². The molecule has 1 aromatic rings. The van der Waals surface area contributed by atoms with E-state index in [1.807, 2.05) is 0 Å². The number of thiazole rings is 1. The first kappa shape index (κ1) is 12.5. The van der Waals surface area contributed by atoms with Gasteiger partial charge in [0.15, 0.2) is 16.6 Å². The summed E-state index contributed by atoms with van der Waals surface area (Å²) in [5.41, 5.74) is -0.243. The van der Waals surface area contributed by atoms with E-state index in [1.54, 1.807) is 0 Å². The highest BCUT2D eigenvalue weighted by molar-refractivity contribution is 7.17. The molecule has 1 fully saturated rings. The number of aromatic carboxylic acids is 1. The van der Waals surface area contributed by atoms with Crippen molar-refractivity contribution in [1.29, 1.82) is 0 Å². The number of nitrogens with zero attached hydrogens (tertiary/aromatic N) is 1. The Balaban J connectivity index is 2.19. The highest BCUT2D eigenvalue weighted by atomic mass is 32.1. The number of aromatic nitrogens is 1. The number of ketones is 1. The molecule has 1 saturated heterocycles. The van der Waals surface area contributed by atoms with Crippen molar-refractivity contribution in [1.82, 2.24) is 10.3 Å². The molecule has 0 aromatic carbocycles. The van der Waals surface area contributed by atoms with Crippen LogP contribution in [0, 0.1) is 0 Å². The fourth-order valence-electron chi connectivity index (χ4n) is 1.65. The minimum absolute atomic E-state index is 0.0608. The van der Waals surface area contributed by atoms with E-state index in [4.69, 9.17) is 5.11 Å². The van der Waals surface area contributed by atoms with Gasteiger partial charge < -0.3 is 15.7 Å². The number of carboxylic acids is 1. The van der Waals surface area contributed by atoms with E-state index in [-0.39, 0.29) is 28.3 Å². The first-order valence-electron chi connectivity index (χ1n) is 5.25. The molecule has 96 valence electrons. The number of amides is 1. The molecule has 18 heavy (non-hydrogen) atoms. The molecule has 0 saturated carbocycles. The Labute approximate surface area is 106 Å². The molecule has 0 bridgehead atoms. The second-order valence-corrected chi connectivity index (χ2v) is 4.91. The minimum atomic E-state index is -1.23. The fraction of sp³-hybridized carbons (Fsp3) is 0.400. The summed E-state index contributed by atoms with van der Waals surface area (Å²) in [7, 11) is 0. The fourth-order valence-corrected chi connectivity index (χ4v) is 2.58. The Hall–Kier alpha value is -1.96. The van der Waals surface area contributed by atoms with Crippen LogP contribution in [-0.2, 0) is 4.79 Å². The van der Waals surface area contributed by atoms with Crippen LogP contribution in [0.1, 0.15) is 33.5 Å². The maximum atomic E-state index is 11.3. The lowest BCUT2D eigenvalue weighted by Crippen LogP contribution is -2.22. The summed E-state index contributed by atoms with van der Waals surface area (Å²) in [4.78, 5) is 37.2. The number of hydrogen-bond acceptors (Lipinski definition) is 6. The van der Waals surface area contributed by atoms with Crippen molar-refractivity contribution >= 4 is 34.1 Å². The average Bonchev–Trinajstić information content (AvgIpc) is 2.85. The predicted molar refractivity (Wildman–Crippen MR) is 64.1 cm³/mol. The van der Waals surface area contributed by atoms with Gasteiger partial charge >= 0.3 is 5.97 Å². The molecule has 1 unspecified atom stereocenters. The third-order valence-corrected chi connectivity index (χ3v) is 3.54. The van der Waals surface area contributed by atoms with E-state index in [0.29, 0.717) is 18.1 Å². The summed E-state index contributed by atoms with van der Waals surface area (Å²) in [6.07, 6.45) is 0.317. The maximum Gasteiger partial charge on any atom is 0.356 e. The Kier molecular flexibility index (Phi) is 3.28. The van der Waals surface area contributed by atoms with Gasteiger partial charge in [-0.2, -0.15) is 0 Å². The summed E-state index contributed by atoms with van der Waals surface area (Å²) < 4.78 is 0. The molecule has 2 heterocycles. The Morgan fingerprint density at radius 1 is 1.56 bits per heavy atom. The molecular formula is C10H11N3O4S. The van der Waals surface area contributed by atoms with E-state index in [2.05, 4.69) is 15.6 Å². The zero-order valence-corrected chi connectivity index (χ0v) is 10.3. The van der Waals surface area contributed by atoms with Crippen molar-refractivity contribution < 1.29 is 19.5 Å².